The molecule has 6 nitrogen and oxygen atoms in total. The van der Waals surface area contributed by atoms with Crippen molar-refractivity contribution in [3.8, 4) is 0 Å². The summed E-state index contributed by atoms with van der Waals surface area (Å²) >= 11 is 0. The lowest BCUT2D eigenvalue weighted by atomic mass is 10.1. The van der Waals surface area contributed by atoms with E-state index in [-0.39, 0.29) is 11.7 Å². The molecule has 0 unspecified atom stereocenters. The zero-order chi connectivity index (χ0) is 13.4. The minimum atomic E-state index is -0.303. The molecule has 1 aromatic carbocycles. The van der Waals surface area contributed by atoms with E-state index in [2.05, 4.69) is 20.3 Å². The number of benzene rings is 1. The van der Waals surface area contributed by atoms with Gasteiger partial charge in [0.1, 0.15) is 0 Å². The third-order valence-electron chi connectivity index (χ3n) is 3.11. The fourth-order valence-corrected chi connectivity index (χ4v) is 1.91. The molecular formula is C13H14N4O2. The van der Waals surface area contributed by atoms with Gasteiger partial charge in [-0.05, 0) is 37.5 Å². The zero-order valence-corrected chi connectivity index (χ0v) is 10.5. The summed E-state index contributed by atoms with van der Waals surface area (Å²) in [7, 11) is 0. The molecule has 2 amide bonds. The maximum absolute atomic E-state index is 11.6. The second-order valence-corrected chi connectivity index (χ2v) is 4.76. The van der Waals surface area contributed by atoms with Gasteiger partial charge in [0.25, 0.3) is 0 Å². The Morgan fingerprint density at radius 2 is 2.05 bits per heavy atom. The summed E-state index contributed by atoms with van der Waals surface area (Å²) in [5, 5.41) is 2.81. The number of aromatic amines is 2. The fourth-order valence-electron chi connectivity index (χ4n) is 1.91. The lowest BCUT2D eigenvalue weighted by molar-refractivity contribution is 0.249. The minimum absolute atomic E-state index is 0.242. The predicted octanol–water partition coefficient (Wildman–Crippen LogP) is 1.54. The molecule has 0 bridgehead atoms. The molecule has 98 valence electrons. The Kier molecular flexibility index (Phi) is 2.70. The standard InChI is InChI=1S/C13H14N4O2/c1-7(14-12(18)15-9-3-4-9)8-2-5-10-11(6-8)17-13(19)16-10/h2,5-6,9H,3-4H2,1H3,(H,15,18)(H2,16,17,19)/b14-7+. The van der Waals surface area contributed by atoms with Gasteiger partial charge in [0.2, 0.25) is 0 Å². The number of hydrogen-bond acceptors (Lipinski definition) is 2. The van der Waals surface area contributed by atoms with Crippen molar-refractivity contribution in [3.63, 3.8) is 0 Å². The second kappa shape index (κ2) is 4.38. The van der Waals surface area contributed by atoms with E-state index in [4.69, 9.17) is 0 Å². The summed E-state index contributed by atoms with van der Waals surface area (Å²) in [5.74, 6) is 0. The Balaban J connectivity index is 1.87. The van der Waals surface area contributed by atoms with Crippen molar-refractivity contribution >= 4 is 22.8 Å². The molecule has 1 heterocycles. The van der Waals surface area contributed by atoms with E-state index >= 15 is 0 Å². The van der Waals surface area contributed by atoms with Crippen LogP contribution in [0.25, 0.3) is 11.0 Å². The summed E-state index contributed by atoms with van der Waals surface area (Å²) in [6, 6.07) is 5.42. The largest absolute Gasteiger partial charge is 0.341 e. The van der Waals surface area contributed by atoms with Crippen LogP contribution in [0.3, 0.4) is 0 Å². The van der Waals surface area contributed by atoms with Gasteiger partial charge in [-0.3, -0.25) is 0 Å². The van der Waals surface area contributed by atoms with Gasteiger partial charge in [-0.1, -0.05) is 6.07 Å². The van der Waals surface area contributed by atoms with E-state index in [1.807, 2.05) is 6.07 Å². The number of amides is 2. The van der Waals surface area contributed by atoms with Crippen molar-refractivity contribution in [2.75, 3.05) is 0 Å². The second-order valence-electron chi connectivity index (χ2n) is 4.76. The molecule has 2 aromatic rings. The summed E-state index contributed by atoms with van der Waals surface area (Å²) < 4.78 is 0. The molecule has 0 radical (unpaired) electrons. The first-order chi connectivity index (χ1) is 9.11. The number of aromatic nitrogens is 2. The Bertz CT molecular complexity index is 722. The molecule has 1 fully saturated rings. The molecule has 3 rings (SSSR count). The molecule has 19 heavy (non-hydrogen) atoms. The molecule has 1 aliphatic carbocycles. The number of nitrogens with one attached hydrogen (secondary N) is 3. The smallest absolute Gasteiger partial charge is 0.333 e. The maximum atomic E-state index is 11.6. The molecule has 1 aliphatic rings. The summed E-state index contributed by atoms with van der Waals surface area (Å²) in [4.78, 5) is 32.1. The van der Waals surface area contributed by atoms with Crippen LogP contribution < -0.4 is 11.0 Å². The third-order valence-corrected chi connectivity index (χ3v) is 3.11. The average molecular weight is 258 g/mol. The van der Waals surface area contributed by atoms with Crippen LogP contribution in [0.1, 0.15) is 25.3 Å². The molecule has 1 aromatic heterocycles. The Morgan fingerprint density at radius 1 is 1.32 bits per heavy atom. The lowest BCUT2D eigenvalue weighted by Crippen LogP contribution is -2.22. The van der Waals surface area contributed by atoms with Gasteiger partial charge in [0.05, 0.1) is 16.7 Å². The van der Waals surface area contributed by atoms with Gasteiger partial charge in [-0.25, -0.2) is 9.59 Å². The summed E-state index contributed by atoms with van der Waals surface area (Å²) in [6.07, 6.45) is 2.08. The zero-order valence-electron chi connectivity index (χ0n) is 10.5. The number of H-pyrrole nitrogens is 2. The van der Waals surface area contributed by atoms with Gasteiger partial charge in [0, 0.05) is 6.04 Å². The highest BCUT2D eigenvalue weighted by atomic mass is 16.2. The number of rotatable bonds is 2. The average Bonchev–Trinajstić information content (AvgIpc) is 3.07. The van der Waals surface area contributed by atoms with Crippen molar-refractivity contribution in [2.24, 2.45) is 4.99 Å². The number of carbonyl (C=O) groups excluding carboxylic acids is 1. The lowest BCUT2D eigenvalue weighted by Gasteiger charge is -2.02. The maximum Gasteiger partial charge on any atom is 0.341 e. The van der Waals surface area contributed by atoms with Gasteiger partial charge in [-0.2, -0.15) is 4.99 Å². The Morgan fingerprint density at radius 3 is 2.79 bits per heavy atom. The van der Waals surface area contributed by atoms with E-state index in [0.29, 0.717) is 17.3 Å². The van der Waals surface area contributed by atoms with E-state index in [9.17, 15) is 9.59 Å². The van der Waals surface area contributed by atoms with Crippen molar-refractivity contribution in [1.29, 1.82) is 0 Å². The van der Waals surface area contributed by atoms with Crippen LogP contribution in [-0.2, 0) is 0 Å². The fraction of sp³-hybridized carbons (Fsp3) is 0.308. The van der Waals surface area contributed by atoms with Crippen LogP contribution in [-0.4, -0.2) is 27.8 Å². The van der Waals surface area contributed by atoms with Gasteiger partial charge in [0.15, 0.2) is 0 Å². The van der Waals surface area contributed by atoms with Crippen LogP contribution >= 0.6 is 0 Å². The van der Waals surface area contributed by atoms with Crippen LogP contribution in [0.15, 0.2) is 28.0 Å². The third kappa shape index (κ3) is 2.57. The predicted molar refractivity (Wildman–Crippen MR) is 72.7 cm³/mol. The number of carbonyl (C=O) groups is 1. The minimum Gasteiger partial charge on any atom is -0.333 e. The van der Waals surface area contributed by atoms with Gasteiger partial charge >= 0.3 is 11.7 Å². The Labute approximate surface area is 108 Å². The van der Waals surface area contributed by atoms with Crippen LogP contribution in [0.5, 0.6) is 0 Å². The molecule has 1 saturated carbocycles. The number of urea groups is 1. The highest BCUT2D eigenvalue weighted by Gasteiger charge is 2.23. The van der Waals surface area contributed by atoms with E-state index in [0.717, 1.165) is 23.9 Å². The highest BCUT2D eigenvalue weighted by molar-refractivity contribution is 6.06. The van der Waals surface area contributed by atoms with E-state index in [1.165, 1.54) is 0 Å². The molecule has 0 aliphatic heterocycles. The molecule has 0 atom stereocenters. The van der Waals surface area contributed by atoms with Crippen LogP contribution in [0, 0.1) is 0 Å². The van der Waals surface area contributed by atoms with Crippen molar-refractivity contribution in [2.45, 2.75) is 25.8 Å². The van der Waals surface area contributed by atoms with Gasteiger partial charge < -0.3 is 15.3 Å². The Hall–Kier alpha value is -2.37. The number of aliphatic imine (C=N–C) groups is 1. The highest BCUT2D eigenvalue weighted by Crippen LogP contribution is 2.18. The number of fused-ring (bicyclic) bond motifs is 1. The first-order valence-corrected chi connectivity index (χ1v) is 6.20. The molecule has 0 spiro atoms. The van der Waals surface area contributed by atoms with Crippen LogP contribution in [0.4, 0.5) is 4.79 Å². The van der Waals surface area contributed by atoms with Crippen LogP contribution in [0.2, 0.25) is 0 Å². The number of hydrogen-bond donors (Lipinski definition) is 3. The topological polar surface area (TPSA) is 90.1 Å². The molecule has 3 N–H and O–H groups in total. The monoisotopic (exact) mass is 258 g/mol. The van der Waals surface area contributed by atoms with E-state index in [1.54, 1.807) is 19.1 Å². The normalized spacial score (nSPS) is 15.7. The summed E-state index contributed by atoms with van der Waals surface area (Å²) in [5.41, 5.74) is 2.65. The van der Waals surface area contributed by atoms with Gasteiger partial charge in [-0.15, -0.1) is 0 Å². The molecule has 0 saturated heterocycles. The van der Waals surface area contributed by atoms with Crippen molar-refractivity contribution in [3.05, 3.63) is 34.2 Å². The number of imidazole rings is 1. The summed E-state index contributed by atoms with van der Waals surface area (Å²) in [6.45, 7) is 1.78. The van der Waals surface area contributed by atoms with Crippen molar-refractivity contribution in [1.82, 2.24) is 15.3 Å². The molecule has 6 heteroatoms. The number of nitrogens with zero attached hydrogens (tertiary/aromatic N) is 1. The van der Waals surface area contributed by atoms with Crippen molar-refractivity contribution < 1.29 is 4.79 Å². The quantitative estimate of drug-likeness (QED) is 0.713. The molecular weight excluding hydrogens is 244 g/mol. The van der Waals surface area contributed by atoms with E-state index < -0.39 is 0 Å². The first-order valence-electron chi connectivity index (χ1n) is 6.20. The first kappa shape index (κ1) is 11.7. The SMILES string of the molecule is C/C(=N\C(=O)NC1CC1)c1ccc2[nH]c(=O)[nH]c2c1.